The predicted octanol–water partition coefficient (Wildman–Crippen LogP) is -2.03. The van der Waals surface area contributed by atoms with Gasteiger partial charge in [-0.2, -0.15) is 0 Å². The van der Waals surface area contributed by atoms with Crippen molar-refractivity contribution in [2.45, 2.75) is 18.4 Å². The van der Waals surface area contributed by atoms with E-state index < -0.39 is 24.7 Å². The number of amides is 1. The number of carboxylic acids is 1. The van der Waals surface area contributed by atoms with E-state index in [4.69, 9.17) is 5.11 Å². The molecule has 1 amide bonds. The molecular weight excluding hydrogens is 304 g/mol. The number of hydrogen-bond donors (Lipinski definition) is 2. The summed E-state index contributed by atoms with van der Waals surface area (Å²) >= 11 is 2.31. The number of aliphatic hydroxyl groups excluding tert-OH is 1. The number of alkyl halides is 1. The van der Waals surface area contributed by atoms with E-state index >= 15 is 0 Å². The molecule has 0 aromatic rings. The molecule has 5 nitrogen and oxygen atoms in total. The Morgan fingerprint density at radius 2 is 2.32 bits per heavy atom. The Kier molecular flexibility index (Phi) is 6.22. The van der Waals surface area contributed by atoms with Crippen LogP contribution in [0.5, 0.6) is 0 Å². The van der Waals surface area contributed by atoms with Crippen LogP contribution in [0.3, 0.4) is 0 Å². The topological polar surface area (TPSA) is 77.8 Å². The number of hydrogen-bond acceptors (Lipinski definition) is 5. The van der Waals surface area contributed by atoms with E-state index in [0.29, 0.717) is 4.24 Å². The van der Waals surface area contributed by atoms with Crippen molar-refractivity contribution in [1.29, 1.82) is 0 Å². The fourth-order valence-electron chi connectivity index (χ4n) is 1.98. The van der Waals surface area contributed by atoms with Crippen LogP contribution >= 0.6 is 23.5 Å². The molecule has 1 fully saturated rings. The van der Waals surface area contributed by atoms with Crippen LogP contribution < -0.4 is 29.6 Å². The molecule has 2 N–H and O–H groups in total. The molecule has 2 heterocycles. The van der Waals surface area contributed by atoms with Crippen LogP contribution in [0, 0.1) is 5.92 Å². The minimum absolute atomic E-state index is 0. The summed E-state index contributed by atoms with van der Waals surface area (Å²) in [5, 5.41) is 18.2. The second kappa shape index (κ2) is 6.82. The van der Waals surface area contributed by atoms with Crippen LogP contribution in [0.25, 0.3) is 0 Å². The van der Waals surface area contributed by atoms with Crippen LogP contribution in [-0.2, 0) is 9.59 Å². The van der Waals surface area contributed by atoms with Gasteiger partial charge in [0.05, 0.1) is 22.9 Å². The number of aliphatic hydroxyl groups is 1. The van der Waals surface area contributed by atoms with Crippen molar-refractivity contribution in [3.05, 3.63) is 9.93 Å². The molecule has 0 aliphatic carbocycles. The zero-order chi connectivity index (χ0) is 13.4. The van der Waals surface area contributed by atoms with Crippen molar-refractivity contribution < 1.29 is 55.2 Å². The summed E-state index contributed by atoms with van der Waals surface area (Å²) in [6, 6.07) is 0. The molecule has 2 aliphatic rings. The van der Waals surface area contributed by atoms with E-state index in [2.05, 4.69) is 0 Å². The Bertz CT molecular complexity index is 437. The van der Waals surface area contributed by atoms with Gasteiger partial charge in [0.1, 0.15) is 5.37 Å². The van der Waals surface area contributed by atoms with E-state index in [1.807, 2.05) is 0 Å². The van der Waals surface area contributed by atoms with Crippen LogP contribution in [0.2, 0.25) is 0 Å². The number of fused-ring (bicyclic) bond motifs is 1. The van der Waals surface area contributed by atoms with E-state index in [-0.39, 0.29) is 53.7 Å². The maximum atomic E-state index is 12.1. The summed E-state index contributed by atoms with van der Waals surface area (Å²) < 4.78 is 12.6. The van der Waals surface area contributed by atoms with Gasteiger partial charge >= 0.3 is 35.5 Å². The number of halogens is 1. The molecule has 0 saturated carbocycles. The molecule has 0 spiro atoms. The van der Waals surface area contributed by atoms with Gasteiger partial charge in [0, 0.05) is 5.75 Å². The molecule has 1 saturated heterocycles. The van der Waals surface area contributed by atoms with Crippen molar-refractivity contribution in [2.75, 3.05) is 12.4 Å². The molecule has 2 aliphatic heterocycles. The molecule has 2 rings (SSSR count). The molecule has 0 aromatic heterocycles. The summed E-state index contributed by atoms with van der Waals surface area (Å²) in [4.78, 5) is 24.1. The largest absolute Gasteiger partial charge is 1.00 e. The van der Waals surface area contributed by atoms with Gasteiger partial charge in [-0.05, 0) is 6.92 Å². The average molecular weight is 317 g/mol. The number of carbonyl (C=O) groups excluding carboxylic acids is 1. The molecule has 102 valence electrons. The van der Waals surface area contributed by atoms with Gasteiger partial charge < -0.3 is 11.6 Å². The number of carboxylic acid groups (broad SMARTS) is 1. The quantitative estimate of drug-likeness (QED) is 0.450. The first-order valence-electron chi connectivity index (χ1n) is 5.33. The fraction of sp³-hybridized carbons (Fsp3) is 0.600. The van der Waals surface area contributed by atoms with E-state index in [0.717, 1.165) is 11.8 Å². The molecule has 1 unspecified atom stereocenters. The van der Waals surface area contributed by atoms with Gasteiger partial charge in [0.2, 0.25) is 5.91 Å². The average Bonchev–Trinajstić information content (AvgIpc) is 2.60. The Balaban J connectivity index is 0.00000180. The normalized spacial score (nSPS) is 26.7. The number of β-lactam (4-membered cyclic amide) rings is 1. The van der Waals surface area contributed by atoms with Crippen LogP contribution in [-0.4, -0.2) is 50.9 Å². The fourth-order valence-corrected chi connectivity index (χ4v) is 4.71. The summed E-state index contributed by atoms with van der Waals surface area (Å²) in [6.45, 7) is 0.952. The predicted molar refractivity (Wildman–Crippen MR) is 67.6 cm³/mol. The molecule has 0 bridgehead atoms. The van der Waals surface area contributed by atoms with Gasteiger partial charge in [0.15, 0.2) is 5.70 Å². The van der Waals surface area contributed by atoms with E-state index in [1.165, 1.54) is 23.6 Å². The van der Waals surface area contributed by atoms with E-state index in [1.54, 1.807) is 0 Å². The van der Waals surface area contributed by atoms with Crippen LogP contribution in [0.1, 0.15) is 8.35 Å². The standard InChI is InChI=1S/C10H12FNO4S2.Na.H/c1-4(13)5-7(14)12-6(9(15)16)10(17-3-2-11)18-8(5)12;;/h4-5,8,13H,2-3H2,1H3,(H,15,16);;/q;+1;-1/t4?,5-,8+;;/m0../s1. The summed E-state index contributed by atoms with van der Waals surface area (Å²) in [5.74, 6) is -1.99. The number of rotatable bonds is 5. The molecule has 0 radical (unpaired) electrons. The van der Waals surface area contributed by atoms with Crippen molar-refractivity contribution in [2.24, 2.45) is 5.92 Å². The zero-order valence-electron chi connectivity index (χ0n) is 11.5. The molecule has 19 heavy (non-hydrogen) atoms. The van der Waals surface area contributed by atoms with Gasteiger partial charge in [-0.1, -0.05) is 11.8 Å². The second-order valence-corrected chi connectivity index (χ2v) is 6.45. The van der Waals surface area contributed by atoms with Crippen molar-refractivity contribution in [1.82, 2.24) is 4.90 Å². The Morgan fingerprint density at radius 1 is 1.68 bits per heavy atom. The Hall–Kier alpha value is 0.270. The molecule has 9 heteroatoms. The number of carbonyl (C=O) groups is 2. The maximum absolute atomic E-state index is 12.1. The third-order valence-electron chi connectivity index (χ3n) is 2.78. The SMILES string of the molecule is CC(O)[C@H]1C(=O)N2C(C(=O)O)=C(SCCF)S[C@H]12.[H-].[Na+]. The zero-order valence-corrected chi connectivity index (χ0v) is 14.1. The number of thioether (sulfide) groups is 2. The maximum Gasteiger partial charge on any atom is 1.00 e. The van der Waals surface area contributed by atoms with Crippen LogP contribution in [0.4, 0.5) is 4.39 Å². The van der Waals surface area contributed by atoms with Crippen molar-refractivity contribution in [3.8, 4) is 0 Å². The summed E-state index contributed by atoms with van der Waals surface area (Å²) in [5.41, 5.74) is -0.0784. The number of nitrogens with zero attached hydrogens (tertiary/aromatic N) is 1. The Morgan fingerprint density at radius 3 is 2.79 bits per heavy atom. The third-order valence-corrected chi connectivity index (χ3v) is 5.39. The van der Waals surface area contributed by atoms with Gasteiger partial charge in [-0.3, -0.25) is 14.1 Å². The monoisotopic (exact) mass is 317 g/mol. The summed E-state index contributed by atoms with van der Waals surface area (Å²) in [6.07, 6.45) is -0.813. The van der Waals surface area contributed by atoms with Crippen molar-refractivity contribution >= 4 is 35.4 Å². The first kappa shape index (κ1) is 17.3. The first-order chi connectivity index (χ1) is 8.49. The Labute approximate surface area is 141 Å². The summed E-state index contributed by atoms with van der Waals surface area (Å²) in [7, 11) is 0. The van der Waals surface area contributed by atoms with Gasteiger partial charge in [0.25, 0.3) is 0 Å². The van der Waals surface area contributed by atoms with Gasteiger partial charge in [-0.15, -0.1) is 11.8 Å². The van der Waals surface area contributed by atoms with Crippen LogP contribution in [0.15, 0.2) is 9.93 Å². The van der Waals surface area contributed by atoms with Crippen molar-refractivity contribution in [3.63, 3.8) is 0 Å². The smallest absolute Gasteiger partial charge is 1.00 e. The van der Waals surface area contributed by atoms with Gasteiger partial charge in [-0.25, -0.2) is 4.79 Å². The molecular formula is C10H13FNNaO4S2. The minimum Gasteiger partial charge on any atom is -1.00 e. The minimum atomic E-state index is -1.19. The molecule has 0 aromatic carbocycles. The molecule has 3 atom stereocenters. The second-order valence-electron chi connectivity index (χ2n) is 3.96. The number of aliphatic carboxylic acids is 1. The third kappa shape index (κ3) is 2.98. The van der Waals surface area contributed by atoms with E-state index in [9.17, 15) is 19.1 Å². The first-order valence-corrected chi connectivity index (χ1v) is 7.19.